The molecule has 2 aromatic carbocycles. The van der Waals surface area contributed by atoms with E-state index >= 15 is 8.78 Å². The lowest BCUT2D eigenvalue weighted by atomic mass is 9.86. The average molecular weight is 463 g/mol. The SMILES string of the molecule is C[C@H]1CC[C@H](c2ccccc2)S(=O)N1Cc1cc(F)c([C@@H](CC2COC2)C(N)=O)cc1F. The number of amides is 1. The van der Waals surface area contributed by atoms with Gasteiger partial charge in [-0.3, -0.25) is 4.79 Å². The van der Waals surface area contributed by atoms with Crippen molar-refractivity contribution in [2.45, 2.75) is 49.9 Å². The summed E-state index contributed by atoms with van der Waals surface area (Å²) in [6.45, 7) is 2.96. The molecule has 2 fully saturated rings. The van der Waals surface area contributed by atoms with Gasteiger partial charge < -0.3 is 10.5 Å². The van der Waals surface area contributed by atoms with Crippen LogP contribution in [0.4, 0.5) is 8.78 Å². The normalized spacial score (nSPS) is 25.3. The average Bonchev–Trinajstić information content (AvgIpc) is 2.73. The Labute approximate surface area is 189 Å². The van der Waals surface area contributed by atoms with Gasteiger partial charge in [0.25, 0.3) is 0 Å². The molecule has 2 saturated heterocycles. The van der Waals surface area contributed by atoms with Gasteiger partial charge in [-0.05, 0) is 43.9 Å². The molecule has 0 radical (unpaired) electrons. The molecule has 0 spiro atoms. The van der Waals surface area contributed by atoms with Gasteiger partial charge in [-0.1, -0.05) is 30.3 Å². The lowest BCUT2D eigenvalue weighted by Crippen LogP contribution is -2.41. The Morgan fingerprint density at radius 3 is 2.53 bits per heavy atom. The van der Waals surface area contributed by atoms with Gasteiger partial charge in [0.15, 0.2) is 0 Å². The van der Waals surface area contributed by atoms with Crippen molar-refractivity contribution >= 4 is 16.9 Å². The Morgan fingerprint density at radius 1 is 1.19 bits per heavy atom. The maximum Gasteiger partial charge on any atom is 0.225 e. The van der Waals surface area contributed by atoms with Gasteiger partial charge in [-0.15, -0.1) is 0 Å². The summed E-state index contributed by atoms with van der Waals surface area (Å²) in [5, 5.41) is -0.177. The molecule has 0 saturated carbocycles. The van der Waals surface area contributed by atoms with Crippen LogP contribution in [0.5, 0.6) is 0 Å². The first-order valence-electron chi connectivity index (χ1n) is 10.9. The number of ether oxygens (including phenoxy) is 1. The summed E-state index contributed by atoms with van der Waals surface area (Å²) >= 11 is 0. The third-order valence-corrected chi connectivity index (χ3v) is 8.42. The van der Waals surface area contributed by atoms with Gasteiger partial charge in [0.1, 0.15) is 22.6 Å². The minimum Gasteiger partial charge on any atom is -0.381 e. The molecule has 2 aromatic rings. The lowest BCUT2D eigenvalue weighted by molar-refractivity contribution is -0.121. The van der Waals surface area contributed by atoms with Crippen molar-refractivity contribution < 1.29 is 22.5 Å². The van der Waals surface area contributed by atoms with Gasteiger partial charge >= 0.3 is 0 Å². The van der Waals surface area contributed by atoms with Gasteiger partial charge in [-0.25, -0.2) is 17.3 Å². The van der Waals surface area contributed by atoms with E-state index in [1.807, 2.05) is 37.3 Å². The molecule has 2 aliphatic rings. The fourth-order valence-corrected chi connectivity index (χ4v) is 6.24. The van der Waals surface area contributed by atoms with E-state index in [4.69, 9.17) is 10.5 Å². The summed E-state index contributed by atoms with van der Waals surface area (Å²) < 4.78 is 50.2. The number of benzene rings is 2. The molecule has 0 aliphatic carbocycles. The number of carbonyl (C=O) groups is 1. The van der Waals surface area contributed by atoms with Gasteiger partial charge in [0.05, 0.1) is 24.4 Å². The van der Waals surface area contributed by atoms with E-state index in [9.17, 15) is 9.00 Å². The van der Waals surface area contributed by atoms with Crippen molar-refractivity contribution in [2.24, 2.45) is 11.7 Å². The highest BCUT2D eigenvalue weighted by molar-refractivity contribution is 7.83. The van der Waals surface area contributed by atoms with E-state index < -0.39 is 34.4 Å². The lowest BCUT2D eigenvalue weighted by Gasteiger charge is -2.37. The molecule has 172 valence electrons. The molecule has 2 N–H and O–H groups in total. The first-order valence-corrected chi connectivity index (χ1v) is 12.1. The van der Waals surface area contributed by atoms with E-state index in [-0.39, 0.29) is 34.9 Å². The molecule has 0 bridgehead atoms. The highest BCUT2D eigenvalue weighted by atomic mass is 32.2. The Kier molecular flexibility index (Phi) is 7.02. The van der Waals surface area contributed by atoms with Crippen LogP contribution in [-0.4, -0.2) is 33.7 Å². The van der Waals surface area contributed by atoms with Crippen LogP contribution < -0.4 is 5.73 Å². The van der Waals surface area contributed by atoms with Crippen LogP contribution in [0.15, 0.2) is 42.5 Å². The predicted octanol–water partition coefficient (Wildman–Crippen LogP) is 3.96. The van der Waals surface area contributed by atoms with Crippen LogP contribution in [-0.2, 0) is 27.1 Å². The van der Waals surface area contributed by atoms with Gasteiger partial charge in [0.2, 0.25) is 5.91 Å². The molecular formula is C24H28F2N2O3S. The summed E-state index contributed by atoms with van der Waals surface area (Å²) in [6.07, 6.45) is 1.91. The maximum absolute atomic E-state index is 15.0. The number of hydrogen-bond acceptors (Lipinski definition) is 3. The molecule has 1 unspecified atom stereocenters. The number of rotatable bonds is 7. The number of carbonyl (C=O) groups excluding carboxylic acids is 1. The van der Waals surface area contributed by atoms with Crippen LogP contribution >= 0.6 is 0 Å². The Balaban J connectivity index is 1.56. The van der Waals surface area contributed by atoms with Crippen LogP contribution in [0.25, 0.3) is 0 Å². The standard InChI is InChI=1S/C24H28F2N2O3S/c1-15-7-8-23(17-5-3-2-4-6-17)32(30)28(15)12-18-10-22(26)19(11-21(18)25)20(24(27)29)9-16-13-31-14-16/h2-6,10-11,15-16,20,23H,7-9,12-14H2,1H3,(H2,27,29)/t15-,20+,23+,32?/m0/s1. The topological polar surface area (TPSA) is 72.6 Å². The molecule has 8 heteroatoms. The molecular weight excluding hydrogens is 434 g/mol. The first kappa shape index (κ1) is 23.0. The number of hydrogen-bond donors (Lipinski definition) is 1. The molecule has 4 rings (SSSR count). The van der Waals surface area contributed by atoms with Crippen molar-refractivity contribution in [3.63, 3.8) is 0 Å². The fraction of sp³-hybridized carbons (Fsp3) is 0.458. The van der Waals surface area contributed by atoms with Gasteiger partial charge in [-0.2, -0.15) is 0 Å². The second-order valence-electron chi connectivity index (χ2n) is 8.74. The Hall–Kier alpha value is -2.16. The van der Waals surface area contributed by atoms with E-state index in [2.05, 4.69) is 0 Å². The molecule has 0 aromatic heterocycles. The van der Waals surface area contributed by atoms with E-state index in [0.717, 1.165) is 30.5 Å². The second kappa shape index (κ2) is 9.77. The van der Waals surface area contributed by atoms with Crippen LogP contribution in [0, 0.1) is 17.6 Å². The number of primary amides is 1. The summed E-state index contributed by atoms with van der Waals surface area (Å²) in [7, 11) is -1.38. The smallest absolute Gasteiger partial charge is 0.225 e. The summed E-state index contributed by atoms with van der Waals surface area (Å²) in [5.74, 6) is -2.76. The summed E-state index contributed by atoms with van der Waals surface area (Å²) in [5.41, 5.74) is 6.57. The van der Waals surface area contributed by atoms with Crippen molar-refractivity contribution in [3.05, 3.63) is 70.8 Å². The monoisotopic (exact) mass is 462 g/mol. The van der Waals surface area contributed by atoms with Crippen LogP contribution in [0.2, 0.25) is 0 Å². The zero-order chi connectivity index (χ0) is 22.8. The number of nitrogens with two attached hydrogens (primary N) is 1. The van der Waals surface area contributed by atoms with Crippen LogP contribution in [0.3, 0.4) is 0 Å². The quantitative estimate of drug-likeness (QED) is 0.677. The van der Waals surface area contributed by atoms with Crippen molar-refractivity contribution in [1.29, 1.82) is 0 Å². The fourth-order valence-electron chi connectivity index (χ4n) is 4.46. The third kappa shape index (κ3) is 4.77. The minimum atomic E-state index is -1.38. The summed E-state index contributed by atoms with van der Waals surface area (Å²) in [4.78, 5) is 11.9. The van der Waals surface area contributed by atoms with E-state index in [0.29, 0.717) is 19.6 Å². The minimum absolute atomic E-state index is 0.0256. The van der Waals surface area contributed by atoms with Gasteiger partial charge in [0, 0.05) is 29.6 Å². The highest BCUT2D eigenvalue weighted by Gasteiger charge is 2.35. The molecule has 2 heterocycles. The molecule has 1 amide bonds. The maximum atomic E-state index is 15.0. The zero-order valence-corrected chi connectivity index (χ0v) is 18.8. The Morgan fingerprint density at radius 2 is 1.91 bits per heavy atom. The molecule has 32 heavy (non-hydrogen) atoms. The predicted molar refractivity (Wildman–Crippen MR) is 119 cm³/mol. The van der Waals surface area contributed by atoms with Crippen molar-refractivity contribution in [3.8, 4) is 0 Å². The summed E-state index contributed by atoms with van der Waals surface area (Å²) in [6, 6.07) is 11.8. The molecule has 5 nitrogen and oxygen atoms in total. The highest BCUT2D eigenvalue weighted by Crippen LogP contribution is 2.36. The number of nitrogens with zero attached hydrogens (tertiary/aromatic N) is 1. The molecule has 4 atom stereocenters. The van der Waals surface area contributed by atoms with E-state index in [1.165, 1.54) is 0 Å². The van der Waals surface area contributed by atoms with Crippen molar-refractivity contribution in [2.75, 3.05) is 13.2 Å². The number of halogens is 2. The first-order chi connectivity index (χ1) is 15.3. The van der Waals surface area contributed by atoms with Crippen LogP contribution in [0.1, 0.15) is 54.0 Å². The Bertz CT molecular complexity index is 1000. The third-order valence-electron chi connectivity index (χ3n) is 6.47. The van der Waals surface area contributed by atoms with Crippen molar-refractivity contribution in [1.82, 2.24) is 4.31 Å². The van der Waals surface area contributed by atoms with E-state index in [1.54, 1.807) is 4.31 Å². The zero-order valence-electron chi connectivity index (χ0n) is 18.0. The second-order valence-corrected chi connectivity index (χ2v) is 10.3. The largest absolute Gasteiger partial charge is 0.381 e. The molecule has 2 aliphatic heterocycles.